The molecule has 1 aliphatic heterocycles. The number of nitrogens with zero attached hydrogens (tertiary/aromatic N) is 5. The van der Waals surface area contributed by atoms with Gasteiger partial charge in [0.05, 0.1) is 5.69 Å². The number of hydrogen-bond donors (Lipinski definition) is 1. The molecule has 1 aromatic heterocycles. The van der Waals surface area contributed by atoms with Crippen LogP contribution in [0.3, 0.4) is 0 Å². The molecule has 0 spiro atoms. The van der Waals surface area contributed by atoms with E-state index >= 15 is 0 Å². The molecule has 0 amide bonds. The Morgan fingerprint density at radius 2 is 1.93 bits per heavy atom. The third-order valence-electron chi connectivity index (χ3n) is 5.23. The molecule has 3 aromatic rings. The highest BCUT2D eigenvalue weighted by Crippen LogP contribution is 2.21. The topological polar surface area (TPSA) is 58.3 Å². The van der Waals surface area contributed by atoms with Crippen LogP contribution in [0.25, 0.3) is 5.69 Å². The Kier molecular flexibility index (Phi) is 5.66. The molecular weight excluding hydrogens is 348 g/mol. The Morgan fingerprint density at radius 1 is 1.11 bits per heavy atom. The molecule has 2 heterocycles. The van der Waals surface area contributed by atoms with Gasteiger partial charge in [0, 0.05) is 26.7 Å². The second-order valence-corrected chi connectivity index (χ2v) is 7.20. The lowest BCUT2D eigenvalue weighted by molar-refractivity contribution is 0.460. The maximum absolute atomic E-state index is 4.49. The molecule has 1 saturated heterocycles. The summed E-state index contributed by atoms with van der Waals surface area (Å²) in [5.41, 5.74) is 3.64. The zero-order chi connectivity index (χ0) is 19.2. The van der Waals surface area contributed by atoms with Crippen molar-refractivity contribution >= 4 is 5.96 Å². The van der Waals surface area contributed by atoms with E-state index in [1.165, 1.54) is 17.5 Å². The predicted octanol–water partition coefficient (Wildman–Crippen LogP) is 2.91. The summed E-state index contributed by atoms with van der Waals surface area (Å²) in [6, 6.07) is 19.1. The van der Waals surface area contributed by atoms with Gasteiger partial charge in [0.15, 0.2) is 5.96 Å². The number of aromatic nitrogens is 3. The molecule has 0 radical (unpaired) electrons. The number of rotatable bonds is 5. The van der Waals surface area contributed by atoms with Crippen molar-refractivity contribution in [3.63, 3.8) is 0 Å². The summed E-state index contributed by atoms with van der Waals surface area (Å²) in [7, 11) is 1.86. The van der Waals surface area contributed by atoms with Gasteiger partial charge in [-0.25, -0.2) is 9.67 Å². The van der Waals surface area contributed by atoms with Crippen molar-refractivity contribution < 1.29 is 0 Å². The first kappa shape index (κ1) is 18.2. The quantitative estimate of drug-likeness (QED) is 0.551. The maximum Gasteiger partial charge on any atom is 0.193 e. The summed E-state index contributed by atoms with van der Waals surface area (Å²) in [6.07, 6.45) is 5.59. The SMILES string of the molecule is CN=C(NCc1ccc(-n2cncn2)cc1)N1CCC(Cc2ccccc2)C1. The normalized spacial score (nSPS) is 17.1. The molecule has 1 N–H and O–H groups in total. The highest BCUT2D eigenvalue weighted by Gasteiger charge is 2.24. The van der Waals surface area contributed by atoms with E-state index in [9.17, 15) is 0 Å². The molecule has 28 heavy (non-hydrogen) atoms. The number of likely N-dealkylation sites (tertiary alicyclic amines) is 1. The minimum absolute atomic E-state index is 0.683. The van der Waals surface area contributed by atoms with Crippen molar-refractivity contribution in [2.24, 2.45) is 10.9 Å². The van der Waals surface area contributed by atoms with Crippen LogP contribution < -0.4 is 5.32 Å². The van der Waals surface area contributed by atoms with Crippen LogP contribution in [0.15, 0.2) is 72.2 Å². The molecule has 0 saturated carbocycles. The smallest absolute Gasteiger partial charge is 0.193 e. The van der Waals surface area contributed by atoms with Crippen LogP contribution in [0.4, 0.5) is 0 Å². The lowest BCUT2D eigenvalue weighted by Gasteiger charge is -2.22. The summed E-state index contributed by atoms with van der Waals surface area (Å²) in [6.45, 7) is 2.87. The largest absolute Gasteiger partial charge is 0.352 e. The fourth-order valence-corrected chi connectivity index (χ4v) is 3.76. The van der Waals surface area contributed by atoms with Gasteiger partial charge in [-0.2, -0.15) is 5.10 Å². The van der Waals surface area contributed by atoms with Gasteiger partial charge in [0.25, 0.3) is 0 Å². The molecule has 144 valence electrons. The van der Waals surface area contributed by atoms with Crippen LogP contribution in [0.2, 0.25) is 0 Å². The summed E-state index contributed by atoms with van der Waals surface area (Å²) >= 11 is 0. The number of aliphatic imine (C=N–C) groups is 1. The minimum atomic E-state index is 0.683. The number of guanidine groups is 1. The van der Waals surface area contributed by atoms with E-state index in [4.69, 9.17) is 0 Å². The molecule has 1 atom stereocenters. The highest BCUT2D eigenvalue weighted by atomic mass is 15.3. The van der Waals surface area contributed by atoms with Crippen LogP contribution in [-0.2, 0) is 13.0 Å². The van der Waals surface area contributed by atoms with E-state index in [0.29, 0.717) is 5.92 Å². The van der Waals surface area contributed by atoms with Crippen LogP contribution in [0, 0.1) is 5.92 Å². The first-order chi connectivity index (χ1) is 13.8. The Balaban J connectivity index is 1.30. The molecule has 1 aliphatic rings. The Hall–Kier alpha value is -3.15. The summed E-state index contributed by atoms with van der Waals surface area (Å²) < 4.78 is 1.76. The van der Waals surface area contributed by atoms with Gasteiger partial charge in [-0.3, -0.25) is 4.99 Å². The Bertz CT molecular complexity index is 887. The fraction of sp³-hybridized carbons (Fsp3) is 0.318. The molecule has 0 bridgehead atoms. The number of hydrogen-bond acceptors (Lipinski definition) is 3. The monoisotopic (exact) mass is 374 g/mol. The summed E-state index contributed by atoms with van der Waals surface area (Å²) in [4.78, 5) is 10.9. The van der Waals surface area contributed by atoms with E-state index in [2.05, 4.69) is 79.9 Å². The van der Waals surface area contributed by atoms with Gasteiger partial charge in [0.1, 0.15) is 12.7 Å². The molecule has 6 nitrogen and oxygen atoms in total. The lowest BCUT2D eigenvalue weighted by atomic mass is 9.99. The molecule has 2 aromatic carbocycles. The summed E-state index contributed by atoms with van der Waals surface area (Å²) in [5, 5.41) is 7.66. The lowest BCUT2D eigenvalue weighted by Crippen LogP contribution is -2.39. The maximum atomic E-state index is 4.49. The number of benzene rings is 2. The van der Waals surface area contributed by atoms with Crippen LogP contribution in [0.1, 0.15) is 17.5 Å². The molecule has 0 aliphatic carbocycles. The second-order valence-electron chi connectivity index (χ2n) is 7.20. The fourth-order valence-electron chi connectivity index (χ4n) is 3.76. The van der Waals surface area contributed by atoms with Gasteiger partial charge in [-0.1, -0.05) is 42.5 Å². The van der Waals surface area contributed by atoms with Crippen LogP contribution in [0.5, 0.6) is 0 Å². The second kappa shape index (κ2) is 8.69. The van der Waals surface area contributed by atoms with Gasteiger partial charge in [0.2, 0.25) is 0 Å². The van der Waals surface area contributed by atoms with Gasteiger partial charge >= 0.3 is 0 Å². The summed E-state index contributed by atoms with van der Waals surface area (Å²) in [5.74, 6) is 1.67. The average molecular weight is 374 g/mol. The van der Waals surface area contributed by atoms with E-state index < -0.39 is 0 Å². The third kappa shape index (κ3) is 4.39. The van der Waals surface area contributed by atoms with Crippen molar-refractivity contribution in [3.8, 4) is 5.69 Å². The molecular formula is C22H26N6. The van der Waals surface area contributed by atoms with Crippen molar-refractivity contribution in [2.75, 3.05) is 20.1 Å². The molecule has 6 heteroatoms. The zero-order valence-corrected chi connectivity index (χ0v) is 16.2. The van der Waals surface area contributed by atoms with Crippen LogP contribution in [-0.4, -0.2) is 45.8 Å². The van der Waals surface area contributed by atoms with E-state index in [-0.39, 0.29) is 0 Å². The minimum Gasteiger partial charge on any atom is -0.352 e. The Morgan fingerprint density at radius 3 is 2.64 bits per heavy atom. The van der Waals surface area contributed by atoms with Crippen molar-refractivity contribution in [1.82, 2.24) is 25.0 Å². The van der Waals surface area contributed by atoms with Gasteiger partial charge in [-0.05, 0) is 42.0 Å². The third-order valence-corrected chi connectivity index (χ3v) is 5.23. The molecule has 1 fully saturated rings. The van der Waals surface area contributed by atoms with Crippen molar-refractivity contribution in [3.05, 3.63) is 78.4 Å². The predicted molar refractivity (Wildman–Crippen MR) is 111 cm³/mol. The first-order valence-electron chi connectivity index (χ1n) is 9.75. The van der Waals surface area contributed by atoms with E-state index in [0.717, 1.165) is 37.7 Å². The van der Waals surface area contributed by atoms with Crippen molar-refractivity contribution in [2.45, 2.75) is 19.4 Å². The molecule has 4 rings (SSSR count). The van der Waals surface area contributed by atoms with Gasteiger partial charge in [-0.15, -0.1) is 0 Å². The molecule has 1 unspecified atom stereocenters. The highest BCUT2D eigenvalue weighted by molar-refractivity contribution is 5.80. The zero-order valence-electron chi connectivity index (χ0n) is 16.2. The standard InChI is InChI=1S/C22H26N6/c1-23-22(27-12-11-20(15-27)13-18-5-3-2-4-6-18)25-14-19-7-9-21(10-8-19)28-17-24-16-26-28/h2-10,16-17,20H,11-15H2,1H3,(H,23,25). The van der Waals surface area contributed by atoms with Gasteiger partial charge < -0.3 is 10.2 Å². The van der Waals surface area contributed by atoms with E-state index in [1.54, 1.807) is 17.3 Å². The number of nitrogens with one attached hydrogen (secondary N) is 1. The first-order valence-corrected chi connectivity index (χ1v) is 9.75. The van der Waals surface area contributed by atoms with Crippen LogP contribution >= 0.6 is 0 Å². The Labute approximate surface area is 165 Å². The van der Waals surface area contributed by atoms with E-state index in [1.807, 2.05) is 7.05 Å². The average Bonchev–Trinajstić information content (AvgIpc) is 3.43. The van der Waals surface area contributed by atoms with Crippen molar-refractivity contribution in [1.29, 1.82) is 0 Å².